The minimum Gasteiger partial charge on any atom is -0.496 e. The van der Waals surface area contributed by atoms with Gasteiger partial charge in [0, 0.05) is 16.3 Å². The molecule has 0 unspecified atom stereocenters. The lowest BCUT2D eigenvalue weighted by molar-refractivity contribution is -0.137. The van der Waals surface area contributed by atoms with Crippen molar-refractivity contribution in [3.8, 4) is 5.75 Å². The number of alkyl halides is 3. The van der Waals surface area contributed by atoms with Crippen LogP contribution < -0.4 is 15.5 Å². The first-order valence-corrected chi connectivity index (χ1v) is 8.19. The van der Waals surface area contributed by atoms with Gasteiger partial charge in [0.05, 0.1) is 18.9 Å². The summed E-state index contributed by atoms with van der Waals surface area (Å²) in [6.45, 7) is 0. The Hall–Kier alpha value is -3.07. The first-order valence-electron chi connectivity index (χ1n) is 7.81. The van der Waals surface area contributed by atoms with Crippen LogP contribution in [-0.2, 0) is 15.8 Å². The molecule has 10 heteroatoms. The van der Waals surface area contributed by atoms with E-state index in [1.54, 1.807) is 18.2 Å². The number of benzene rings is 2. The number of nitrogens with one attached hydrogen (secondary N) is 2. The van der Waals surface area contributed by atoms with Gasteiger partial charge < -0.3 is 10.1 Å². The third-order valence-corrected chi connectivity index (χ3v) is 3.61. The number of methoxy groups -OCH3 is 1. The fourth-order valence-corrected chi connectivity index (χ4v) is 2.32. The Morgan fingerprint density at radius 2 is 1.93 bits per heavy atom. The van der Waals surface area contributed by atoms with Crippen LogP contribution in [0.25, 0.3) is 0 Å². The Labute approximate surface area is 163 Å². The number of nitrogens with zero attached hydrogens (tertiary/aromatic N) is 1. The normalized spacial score (nSPS) is 11.3. The molecule has 0 spiro atoms. The van der Waals surface area contributed by atoms with Gasteiger partial charge in [0.15, 0.2) is 0 Å². The molecule has 28 heavy (non-hydrogen) atoms. The van der Waals surface area contributed by atoms with Crippen molar-refractivity contribution in [3.05, 3.63) is 58.6 Å². The lowest BCUT2D eigenvalue weighted by Gasteiger charge is -2.09. The van der Waals surface area contributed by atoms with Gasteiger partial charge in [0.25, 0.3) is 0 Å². The second-order valence-electron chi connectivity index (χ2n) is 5.48. The summed E-state index contributed by atoms with van der Waals surface area (Å²) in [7, 11) is 1.46. The van der Waals surface area contributed by atoms with Crippen molar-refractivity contribution in [1.29, 1.82) is 0 Å². The number of ether oxygens (including phenoxy) is 1. The average molecular weight is 414 g/mol. The number of hydrogen-bond acceptors (Lipinski definition) is 4. The number of carbonyl (C=O) groups is 2. The first kappa shape index (κ1) is 21.2. The first-order chi connectivity index (χ1) is 13.2. The molecule has 2 rings (SSSR count). The molecule has 2 amide bonds. The number of halogens is 4. The molecule has 0 radical (unpaired) electrons. The van der Waals surface area contributed by atoms with Gasteiger partial charge in [-0.05, 0) is 36.4 Å². The molecule has 0 aromatic heterocycles. The molecule has 2 aromatic rings. The summed E-state index contributed by atoms with van der Waals surface area (Å²) < 4.78 is 43.1. The molecule has 148 valence electrons. The maximum Gasteiger partial charge on any atom is 0.416 e. The zero-order chi connectivity index (χ0) is 20.7. The van der Waals surface area contributed by atoms with Crippen LogP contribution in [0.4, 0.5) is 18.9 Å². The fraction of sp³-hybridized carbons (Fsp3) is 0.167. The standard InChI is InChI=1S/C18H15ClF3N3O3/c1-28-15-6-5-13(19)7-11(15)10-23-25-17(27)9-16(26)24-14-4-2-3-12(8-14)18(20,21)22/h2-8,10H,9H2,1H3,(H,24,26)(H,25,27). The number of hydrazone groups is 1. The molecule has 0 aliphatic carbocycles. The zero-order valence-electron chi connectivity index (χ0n) is 14.5. The van der Waals surface area contributed by atoms with Crippen LogP contribution in [0.15, 0.2) is 47.6 Å². The summed E-state index contributed by atoms with van der Waals surface area (Å²) >= 11 is 5.87. The van der Waals surface area contributed by atoms with E-state index < -0.39 is 30.0 Å². The van der Waals surface area contributed by atoms with E-state index in [0.29, 0.717) is 16.3 Å². The van der Waals surface area contributed by atoms with E-state index in [-0.39, 0.29) is 5.69 Å². The summed E-state index contributed by atoms with van der Waals surface area (Å²) in [6, 6.07) is 8.90. The Bertz CT molecular complexity index is 901. The fourth-order valence-electron chi connectivity index (χ4n) is 2.14. The number of rotatable bonds is 6. The lowest BCUT2D eigenvalue weighted by atomic mass is 10.2. The average Bonchev–Trinajstić information content (AvgIpc) is 2.61. The highest BCUT2D eigenvalue weighted by molar-refractivity contribution is 6.30. The monoisotopic (exact) mass is 413 g/mol. The summed E-state index contributed by atoms with van der Waals surface area (Å²) in [4.78, 5) is 23.6. The van der Waals surface area contributed by atoms with Crippen LogP contribution in [0, 0.1) is 0 Å². The van der Waals surface area contributed by atoms with Crippen LogP contribution in [0.3, 0.4) is 0 Å². The van der Waals surface area contributed by atoms with Crippen LogP contribution in [-0.4, -0.2) is 25.1 Å². The van der Waals surface area contributed by atoms with Crippen molar-refractivity contribution in [2.24, 2.45) is 5.10 Å². The topological polar surface area (TPSA) is 79.8 Å². The van der Waals surface area contributed by atoms with Gasteiger partial charge in [-0.15, -0.1) is 0 Å². The van der Waals surface area contributed by atoms with Gasteiger partial charge in [0.2, 0.25) is 11.8 Å². The SMILES string of the molecule is COc1ccc(Cl)cc1C=NNC(=O)CC(=O)Nc1cccc(C(F)(F)F)c1. The van der Waals surface area contributed by atoms with Gasteiger partial charge in [-0.3, -0.25) is 9.59 Å². The van der Waals surface area contributed by atoms with E-state index in [0.717, 1.165) is 18.2 Å². The maximum absolute atomic E-state index is 12.7. The van der Waals surface area contributed by atoms with Crippen molar-refractivity contribution in [2.75, 3.05) is 12.4 Å². The minimum atomic E-state index is -4.53. The molecule has 6 nitrogen and oxygen atoms in total. The van der Waals surface area contributed by atoms with Crippen LogP contribution in [0.5, 0.6) is 5.75 Å². The highest BCUT2D eigenvalue weighted by Gasteiger charge is 2.30. The molecule has 0 fully saturated rings. The van der Waals surface area contributed by atoms with Crippen molar-refractivity contribution >= 4 is 35.3 Å². The Kier molecular flexibility index (Phi) is 7.00. The summed E-state index contributed by atoms with van der Waals surface area (Å²) in [6.07, 6.45) is -3.87. The number of carbonyl (C=O) groups excluding carboxylic acids is 2. The predicted molar refractivity (Wildman–Crippen MR) is 98.4 cm³/mol. The van der Waals surface area contributed by atoms with Gasteiger partial charge in [-0.2, -0.15) is 18.3 Å². The molecule has 0 saturated carbocycles. The second-order valence-corrected chi connectivity index (χ2v) is 5.92. The molecule has 0 heterocycles. The highest BCUT2D eigenvalue weighted by atomic mass is 35.5. The highest BCUT2D eigenvalue weighted by Crippen LogP contribution is 2.30. The van der Waals surface area contributed by atoms with Gasteiger partial charge in [0.1, 0.15) is 12.2 Å². The largest absolute Gasteiger partial charge is 0.496 e. The van der Waals surface area contributed by atoms with Crippen LogP contribution in [0.2, 0.25) is 5.02 Å². The molecule has 2 aromatic carbocycles. The van der Waals surface area contributed by atoms with E-state index in [9.17, 15) is 22.8 Å². The Morgan fingerprint density at radius 1 is 1.18 bits per heavy atom. The van der Waals surface area contributed by atoms with Gasteiger partial charge in [-0.1, -0.05) is 17.7 Å². The zero-order valence-corrected chi connectivity index (χ0v) is 15.3. The minimum absolute atomic E-state index is 0.0696. The summed E-state index contributed by atoms with van der Waals surface area (Å²) in [5.41, 5.74) is 1.67. The predicted octanol–water partition coefficient (Wildman–Crippen LogP) is 3.85. The van der Waals surface area contributed by atoms with E-state index in [1.807, 2.05) is 0 Å². The van der Waals surface area contributed by atoms with Gasteiger partial charge >= 0.3 is 6.18 Å². The molecule has 0 atom stereocenters. The van der Waals surface area contributed by atoms with Crippen LogP contribution in [0.1, 0.15) is 17.5 Å². The van der Waals surface area contributed by atoms with Crippen molar-refractivity contribution in [2.45, 2.75) is 12.6 Å². The molecular formula is C18H15ClF3N3O3. The molecule has 0 aliphatic rings. The summed E-state index contributed by atoms with van der Waals surface area (Å²) in [5.74, 6) is -1.06. The molecule has 0 saturated heterocycles. The molecule has 2 N–H and O–H groups in total. The maximum atomic E-state index is 12.7. The van der Waals surface area contributed by atoms with Crippen molar-refractivity contribution in [3.63, 3.8) is 0 Å². The Morgan fingerprint density at radius 3 is 2.61 bits per heavy atom. The third kappa shape index (κ3) is 6.27. The number of anilines is 1. The smallest absolute Gasteiger partial charge is 0.416 e. The second kappa shape index (κ2) is 9.23. The third-order valence-electron chi connectivity index (χ3n) is 3.38. The van der Waals surface area contributed by atoms with E-state index in [4.69, 9.17) is 16.3 Å². The van der Waals surface area contributed by atoms with Crippen molar-refractivity contribution < 1.29 is 27.5 Å². The molecule has 0 bridgehead atoms. The van der Waals surface area contributed by atoms with Crippen molar-refractivity contribution in [1.82, 2.24) is 5.43 Å². The van der Waals surface area contributed by atoms with E-state index in [2.05, 4.69) is 15.8 Å². The lowest BCUT2D eigenvalue weighted by Crippen LogP contribution is -2.24. The molecular weight excluding hydrogens is 399 g/mol. The molecule has 0 aliphatic heterocycles. The van der Waals surface area contributed by atoms with Gasteiger partial charge in [-0.25, -0.2) is 5.43 Å². The summed E-state index contributed by atoms with van der Waals surface area (Å²) in [5, 5.41) is 6.37. The van der Waals surface area contributed by atoms with E-state index >= 15 is 0 Å². The van der Waals surface area contributed by atoms with Crippen LogP contribution >= 0.6 is 11.6 Å². The Balaban J connectivity index is 1.91. The quantitative estimate of drug-likeness (QED) is 0.429. The number of hydrogen-bond donors (Lipinski definition) is 2. The van der Waals surface area contributed by atoms with E-state index in [1.165, 1.54) is 19.4 Å². The number of amides is 2.